The van der Waals surface area contributed by atoms with E-state index < -0.39 is 8.07 Å². The van der Waals surface area contributed by atoms with Crippen LogP contribution in [-0.2, 0) is 0 Å². The number of nitrogens with zero attached hydrogens (tertiary/aromatic N) is 3. The molecule has 1 spiro atoms. The maximum absolute atomic E-state index is 11.7. The Morgan fingerprint density at radius 3 is 2.30 bits per heavy atom. The number of nitro groups is 1. The summed E-state index contributed by atoms with van der Waals surface area (Å²) in [5.74, 6) is 3.31. The number of aromatic nitrogens is 1. The van der Waals surface area contributed by atoms with E-state index in [0.29, 0.717) is 22.3 Å². The van der Waals surface area contributed by atoms with Crippen LogP contribution < -0.4 is 15.8 Å². The predicted molar refractivity (Wildman–Crippen MR) is 124 cm³/mol. The van der Waals surface area contributed by atoms with Gasteiger partial charge < -0.3 is 15.0 Å². The van der Waals surface area contributed by atoms with Crippen molar-refractivity contribution in [2.75, 3.05) is 11.4 Å². The topological polar surface area (TPSA) is 103 Å². The minimum Gasteiger partial charge on any atom is -0.362 e. The minimum atomic E-state index is -1.88. The summed E-state index contributed by atoms with van der Waals surface area (Å²) in [7, 11) is -1.88. The van der Waals surface area contributed by atoms with Gasteiger partial charge in [0.25, 0.3) is 0 Å². The second kappa shape index (κ2) is 8.29. The average molecular weight is 430 g/mol. The van der Waals surface area contributed by atoms with E-state index in [0.717, 1.165) is 24.9 Å². The first-order valence-electron chi connectivity index (χ1n) is 11.0. The number of piperidine rings is 1. The second-order valence-electron chi connectivity index (χ2n) is 9.80. The summed E-state index contributed by atoms with van der Waals surface area (Å²) in [6, 6.07) is 2.04. The van der Waals surface area contributed by atoms with Crippen molar-refractivity contribution in [3.05, 3.63) is 27.9 Å². The Balaban J connectivity index is 1.99. The van der Waals surface area contributed by atoms with Gasteiger partial charge in [-0.3, -0.25) is 0 Å². The molecule has 8 heteroatoms. The zero-order chi connectivity index (χ0) is 22.3. The molecule has 0 radical (unpaired) electrons. The van der Waals surface area contributed by atoms with Crippen LogP contribution in [0.5, 0.6) is 0 Å². The number of hydrogen-bond acceptors (Lipinski definition) is 6. The highest BCUT2D eigenvalue weighted by Gasteiger charge is 2.47. The molecule has 3 rings (SSSR count). The molecule has 0 amide bonds. The van der Waals surface area contributed by atoms with Gasteiger partial charge in [-0.25, -0.2) is 10.9 Å². The van der Waals surface area contributed by atoms with Crippen molar-refractivity contribution in [3.8, 4) is 11.5 Å². The summed E-state index contributed by atoms with van der Waals surface area (Å²) in [6.45, 7) is 16.5. The molecule has 164 valence electrons. The number of rotatable bonds is 5. The van der Waals surface area contributed by atoms with E-state index in [4.69, 9.17) is 0 Å². The van der Waals surface area contributed by atoms with Crippen LogP contribution in [0.25, 0.3) is 0 Å². The molecular formula is C22H35N5O2Si. The fourth-order valence-corrected chi connectivity index (χ4v) is 10.6. The number of nitrogens with one attached hydrogen (secondary N) is 2. The van der Waals surface area contributed by atoms with E-state index in [2.05, 4.69) is 80.7 Å². The van der Waals surface area contributed by atoms with Crippen molar-refractivity contribution >= 4 is 19.6 Å². The summed E-state index contributed by atoms with van der Waals surface area (Å²) in [5, 5.41) is 11.7. The van der Waals surface area contributed by atoms with Crippen molar-refractivity contribution in [1.82, 2.24) is 15.8 Å². The maximum atomic E-state index is 11.7. The zero-order valence-corrected chi connectivity index (χ0v) is 20.2. The number of hydrogen-bond donors (Lipinski definition) is 2. The van der Waals surface area contributed by atoms with Crippen molar-refractivity contribution in [2.45, 2.75) is 89.6 Å². The van der Waals surface area contributed by atoms with Gasteiger partial charge in [-0.05, 0) is 45.9 Å². The van der Waals surface area contributed by atoms with E-state index in [9.17, 15) is 10.1 Å². The lowest BCUT2D eigenvalue weighted by atomic mass is 9.95. The molecular weight excluding hydrogens is 394 g/mol. The normalized spacial score (nSPS) is 20.6. The largest absolute Gasteiger partial charge is 0.387 e. The number of anilines is 1. The van der Waals surface area contributed by atoms with Crippen molar-refractivity contribution in [2.24, 2.45) is 0 Å². The summed E-state index contributed by atoms with van der Waals surface area (Å²) < 4.78 is 0. The quantitative estimate of drug-likeness (QED) is 0.237. The second-order valence-corrected chi connectivity index (χ2v) is 15.4. The Kier molecular flexibility index (Phi) is 6.28. The molecule has 0 aromatic carbocycles. The van der Waals surface area contributed by atoms with Gasteiger partial charge in [-0.2, -0.15) is 0 Å². The van der Waals surface area contributed by atoms with E-state index in [1.165, 1.54) is 0 Å². The molecule has 1 atom stereocenters. The lowest BCUT2D eigenvalue weighted by Crippen LogP contribution is -2.46. The maximum Gasteiger partial charge on any atom is 0.387 e. The lowest BCUT2D eigenvalue weighted by Gasteiger charge is -2.38. The molecule has 0 bridgehead atoms. The van der Waals surface area contributed by atoms with Crippen molar-refractivity contribution < 1.29 is 4.92 Å². The number of pyridine rings is 1. The van der Waals surface area contributed by atoms with E-state index in [1.54, 1.807) is 6.20 Å². The average Bonchev–Trinajstić information content (AvgIpc) is 3.39. The van der Waals surface area contributed by atoms with Crippen LogP contribution in [0.4, 0.5) is 11.5 Å². The van der Waals surface area contributed by atoms with Crippen LogP contribution in [0, 0.1) is 21.6 Å². The highest BCUT2D eigenvalue weighted by atomic mass is 28.3. The smallest absolute Gasteiger partial charge is 0.362 e. The third kappa shape index (κ3) is 4.11. The molecule has 2 saturated heterocycles. The predicted octanol–water partition coefficient (Wildman–Crippen LogP) is 4.35. The first kappa shape index (κ1) is 22.7. The van der Waals surface area contributed by atoms with Gasteiger partial charge in [0.05, 0.1) is 11.2 Å². The van der Waals surface area contributed by atoms with Crippen LogP contribution in [0.2, 0.25) is 16.6 Å². The van der Waals surface area contributed by atoms with E-state index in [-0.39, 0.29) is 22.4 Å². The van der Waals surface area contributed by atoms with Gasteiger partial charge in [0.1, 0.15) is 13.8 Å². The van der Waals surface area contributed by atoms with Crippen LogP contribution >= 0.6 is 0 Å². The minimum absolute atomic E-state index is 0.00648. The van der Waals surface area contributed by atoms with Gasteiger partial charge in [0, 0.05) is 19.0 Å². The molecule has 0 aliphatic carbocycles. The van der Waals surface area contributed by atoms with Crippen LogP contribution in [0.15, 0.2) is 12.3 Å². The molecule has 7 nitrogen and oxygen atoms in total. The lowest BCUT2D eigenvalue weighted by molar-refractivity contribution is -0.388. The Hall–Kier alpha value is -1.95. The Morgan fingerprint density at radius 1 is 1.23 bits per heavy atom. The van der Waals surface area contributed by atoms with Crippen LogP contribution in [0.1, 0.15) is 66.9 Å². The van der Waals surface area contributed by atoms with Gasteiger partial charge in [0.15, 0.2) is 6.20 Å². The Bertz CT molecular complexity index is 848. The fourth-order valence-electron chi connectivity index (χ4n) is 5.40. The molecule has 0 saturated carbocycles. The Labute approximate surface area is 181 Å². The molecule has 3 heterocycles. The summed E-state index contributed by atoms with van der Waals surface area (Å²) in [5.41, 5.74) is 13.1. The third-order valence-corrected chi connectivity index (χ3v) is 13.3. The van der Waals surface area contributed by atoms with Crippen LogP contribution in [-0.4, -0.2) is 36.2 Å². The highest BCUT2D eigenvalue weighted by molar-refractivity contribution is 6.90. The summed E-state index contributed by atoms with van der Waals surface area (Å²) >= 11 is 0. The molecule has 2 fully saturated rings. The zero-order valence-electron chi connectivity index (χ0n) is 19.2. The highest BCUT2D eigenvalue weighted by Crippen LogP contribution is 2.41. The van der Waals surface area contributed by atoms with E-state index in [1.807, 2.05) is 6.07 Å². The van der Waals surface area contributed by atoms with E-state index >= 15 is 0 Å². The first-order valence-corrected chi connectivity index (χ1v) is 13.2. The van der Waals surface area contributed by atoms with Gasteiger partial charge in [-0.15, -0.1) is 5.54 Å². The van der Waals surface area contributed by atoms with Gasteiger partial charge in [0.2, 0.25) is 0 Å². The monoisotopic (exact) mass is 429 g/mol. The third-order valence-electron chi connectivity index (χ3n) is 7.05. The molecule has 1 aromatic rings. The summed E-state index contributed by atoms with van der Waals surface area (Å²) in [4.78, 5) is 17.6. The molecule has 30 heavy (non-hydrogen) atoms. The fraction of sp³-hybridized carbons (Fsp3) is 0.682. The van der Waals surface area contributed by atoms with Crippen molar-refractivity contribution in [3.63, 3.8) is 0 Å². The van der Waals surface area contributed by atoms with Gasteiger partial charge >= 0.3 is 5.82 Å². The van der Waals surface area contributed by atoms with Crippen LogP contribution in [0.3, 0.4) is 0 Å². The molecule has 2 aliphatic rings. The molecule has 0 unspecified atom stereocenters. The van der Waals surface area contributed by atoms with Gasteiger partial charge in [-0.1, -0.05) is 47.5 Å². The molecule has 2 aliphatic heterocycles. The first-order chi connectivity index (χ1) is 14.0. The molecule has 2 N–H and O–H groups in total. The SMILES string of the molecule is CC(C)[Si](C#Cc1cnc([N+](=O)[O-])c(N2CCC3(C[C@@H]2C)NN3)c1)(C(C)C)C(C)C. The van der Waals surface area contributed by atoms with Crippen molar-refractivity contribution in [1.29, 1.82) is 0 Å². The molecule has 1 aromatic heterocycles. The summed E-state index contributed by atoms with van der Waals surface area (Å²) in [6.07, 6.45) is 3.35. The Morgan fingerprint density at radius 2 is 1.83 bits per heavy atom. The number of hydrazine groups is 1. The standard InChI is InChI=1S/C22H35N5O2Si/c1-15(2)30(16(3)4,17(5)6)11-8-19-12-20(21(23-14-19)27(28)29)26-10-9-22(24-25-22)13-18(26)7/h12,14-18,24-25H,9-10,13H2,1-7H3/t18-/m0/s1.